The number of carbonyl (C=O) groups excluding carboxylic acids is 2. The Hall–Kier alpha value is -1.23. The van der Waals surface area contributed by atoms with Gasteiger partial charge in [-0.3, -0.25) is 14.5 Å². The summed E-state index contributed by atoms with van der Waals surface area (Å²) in [6, 6.07) is -0.589. The fourth-order valence-electron chi connectivity index (χ4n) is 2.53. The Bertz CT molecular complexity index is 564. The molecule has 0 aliphatic carbocycles. The van der Waals surface area contributed by atoms with Gasteiger partial charge in [0, 0.05) is 32.7 Å². The van der Waals surface area contributed by atoms with Gasteiger partial charge in [0.05, 0.1) is 19.9 Å². The maximum absolute atomic E-state index is 12.0. The van der Waals surface area contributed by atoms with E-state index >= 15 is 0 Å². The number of ether oxygens (including phenoxy) is 2. The van der Waals surface area contributed by atoms with Crippen molar-refractivity contribution in [2.75, 3.05) is 52.6 Å². The summed E-state index contributed by atoms with van der Waals surface area (Å²) in [4.78, 5) is 25.6. The Balaban J connectivity index is 2.56. The topological polar surface area (TPSA) is 105 Å². The molecule has 0 aromatic heterocycles. The first-order chi connectivity index (χ1) is 11.4. The summed E-state index contributed by atoms with van der Waals surface area (Å²) in [5, 5.41) is 2.91. The van der Waals surface area contributed by atoms with Crippen LogP contribution < -0.4 is 5.32 Å². The van der Waals surface area contributed by atoms with Gasteiger partial charge in [0.2, 0.25) is 10.0 Å². The fourth-order valence-corrected chi connectivity index (χ4v) is 3.36. The molecule has 1 N–H and O–H groups in total. The molecule has 0 unspecified atom stereocenters. The van der Waals surface area contributed by atoms with Gasteiger partial charge < -0.3 is 14.8 Å². The monoisotopic (exact) mass is 379 g/mol. The van der Waals surface area contributed by atoms with Crippen LogP contribution in [0.25, 0.3) is 0 Å². The van der Waals surface area contributed by atoms with Crippen molar-refractivity contribution in [1.82, 2.24) is 14.5 Å². The second kappa shape index (κ2) is 8.93. The Morgan fingerprint density at radius 3 is 2.16 bits per heavy atom. The lowest BCUT2D eigenvalue weighted by Gasteiger charge is -2.37. The second-order valence-electron chi connectivity index (χ2n) is 6.95. The number of piperazine rings is 1. The van der Waals surface area contributed by atoms with Crippen LogP contribution in [0.2, 0.25) is 0 Å². The van der Waals surface area contributed by atoms with E-state index in [0.29, 0.717) is 26.2 Å². The first-order valence-electron chi connectivity index (χ1n) is 8.13. The molecular formula is C15H29N3O6S. The van der Waals surface area contributed by atoms with Crippen LogP contribution >= 0.6 is 0 Å². The van der Waals surface area contributed by atoms with Gasteiger partial charge in [-0.05, 0) is 20.8 Å². The van der Waals surface area contributed by atoms with Gasteiger partial charge in [-0.2, -0.15) is 4.31 Å². The first-order valence-corrected chi connectivity index (χ1v) is 9.98. The van der Waals surface area contributed by atoms with E-state index < -0.39 is 33.6 Å². The van der Waals surface area contributed by atoms with Gasteiger partial charge in [0.1, 0.15) is 11.6 Å². The molecule has 1 fully saturated rings. The van der Waals surface area contributed by atoms with Crippen molar-refractivity contribution in [2.24, 2.45) is 0 Å². The molecule has 0 bridgehead atoms. The summed E-state index contributed by atoms with van der Waals surface area (Å²) in [5.41, 5.74) is -0.567. The van der Waals surface area contributed by atoms with Gasteiger partial charge in [0.15, 0.2) is 0 Å². The van der Waals surface area contributed by atoms with Gasteiger partial charge in [-0.25, -0.2) is 8.42 Å². The molecule has 1 saturated heterocycles. The number of nitrogens with zero attached hydrogens (tertiary/aromatic N) is 2. The van der Waals surface area contributed by atoms with E-state index in [1.165, 1.54) is 17.7 Å². The molecule has 10 heteroatoms. The average Bonchev–Trinajstić information content (AvgIpc) is 2.48. The van der Waals surface area contributed by atoms with E-state index in [4.69, 9.17) is 9.47 Å². The number of rotatable bonds is 7. The van der Waals surface area contributed by atoms with Gasteiger partial charge in [0.25, 0.3) is 0 Å². The van der Waals surface area contributed by atoms with Crippen LogP contribution in [-0.2, 0) is 29.1 Å². The molecule has 0 aromatic carbocycles. The van der Waals surface area contributed by atoms with Crippen molar-refractivity contribution >= 4 is 22.0 Å². The molecule has 1 heterocycles. The zero-order chi connectivity index (χ0) is 19.3. The number of methoxy groups -OCH3 is 1. The molecular weight excluding hydrogens is 350 g/mol. The second-order valence-corrected chi connectivity index (χ2v) is 8.94. The van der Waals surface area contributed by atoms with Crippen molar-refractivity contribution in [3.8, 4) is 0 Å². The Morgan fingerprint density at radius 2 is 1.72 bits per heavy atom. The zero-order valence-corrected chi connectivity index (χ0v) is 16.4. The lowest BCUT2D eigenvalue weighted by atomic mass is 10.2. The SMILES string of the molecule is COC(=O)[C@H](CNCC(=O)OC(C)(C)C)N1CCN(S(C)(=O)=O)CC1. The van der Waals surface area contributed by atoms with Crippen molar-refractivity contribution in [2.45, 2.75) is 32.4 Å². The summed E-state index contributed by atoms with van der Waals surface area (Å²) < 4.78 is 34.5. The van der Waals surface area contributed by atoms with Crippen molar-refractivity contribution in [1.29, 1.82) is 0 Å². The van der Waals surface area contributed by atoms with E-state index in [0.717, 1.165) is 0 Å². The third-order valence-electron chi connectivity index (χ3n) is 3.68. The molecule has 25 heavy (non-hydrogen) atoms. The predicted octanol–water partition coefficient (Wildman–Crippen LogP) is -0.963. The van der Waals surface area contributed by atoms with Crippen LogP contribution in [0.5, 0.6) is 0 Å². The third-order valence-corrected chi connectivity index (χ3v) is 4.99. The summed E-state index contributed by atoms with van der Waals surface area (Å²) >= 11 is 0. The van der Waals surface area contributed by atoms with Gasteiger partial charge in [-0.1, -0.05) is 0 Å². The number of nitrogens with one attached hydrogen (secondary N) is 1. The van der Waals surface area contributed by atoms with Crippen molar-refractivity contribution in [3.63, 3.8) is 0 Å². The normalized spacial score (nSPS) is 18.6. The quantitative estimate of drug-likeness (QED) is 0.564. The standard InChI is InChI=1S/C15H29N3O6S/c1-15(2,3)24-13(19)11-16-10-12(14(20)23-4)17-6-8-18(9-7-17)25(5,21)22/h12,16H,6-11H2,1-5H3/t12-/m0/s1. The lowest BCUT2D eigenvalue weighted by molar-refractivity contribution is -0.154. The predicted molar refractivity (Wildman–Crippen MR) is 92.5 cm³/mol. The lowest BCUT2D eigenvalue weighted by Crippen LogP contribution is -2.56. The number of hydrogen-bond donors (Lipinski definition) is 1. The number of sulfonamides is 1. The van der Waals surface area contributed by atoms with Crippen LogP contribution in [0.1, 0.15) is 20.8 Å². The molecule has 0 amide bonds. The number of carbonyl (C=O) groups is 2. The first kappa shape index (κ1) is 21.8. The largest absolute Gasteiger partial charge is 0.468 e. The van der Waals surface area contributed by atoms with Crippen LogP contribution in [0.4, 0.5) is 0 Å². The molecule has 0 radical (unpaired) electrons. The van der Waals surface area contributed by atoms with Crippen LogP contribution in [0, 0.1) is 0 Å². The highest BCUT2D eigenvalue weighted by atomic mass is 32.2. The van der Waals surface area contributed by atoms with Crippen molar-refractivity contribution < 1.29 is 27.5 Å². The zero-order valence-electron chi connectivity index (χ0n) is 15.6. The maximum Gasteiger partial charge on any atom is 0.324 e. The summed E-state index contributed by atoms with van der Waals surface area (Å²) in [5.74, 6) is -0.831. The van der Waals surface area contributed by atoms with E-state index in [9.17, 15) is 18.0 Å². The van der Waals surface area contributed by atoms with Crippen LogP contribution in [0.3, 0.4) is 0 Å². The average molecular weight is 379 g/mol. The van der Waals surface area contributed by atoms with Crippen LogP contribution in [0.15, 0.2) is 0 Å². The highest BCUT2D eigenvalue weighted by molar-refractivity contribution is 7.88. The Labute approximate surface area is 149 Å². The number of hydrogen-bond acceptors (Lipinski definition) is 8. The molecule has 0 aromatic rings. The molecule has 1 aliphatic rings. The van der Waals surface area contributed by atoms with E-state index in [2.05, 4.69) is 5.32 Å². The van der Waals surface area contributed by atoms with E-state index in [1.54, 1.807) is 20.8 Å². The van der Waals surface area contributed by atoms with Crippen molar-refractivity contribution in [3.05, 3.63) is 0 Å². The van der Waals surface area contributed by atoms with Gasteiger partial charge >= 0.3 is 11.9 Å². The molecule has 0 saturated carbocycles. The summed E-state index contributed by atoms with van der Waals surface area (Å²) in [7, 11) is -1.93. The highest BCUT2D eigenvalue weighted by Crippen LogP contribution is 2.10. The smallest absolute Gasteiger partial charge is 0.324 e. The molecule has 1 atom stereocenters. The number of esters is 2. The maximum atomic E-state index is 12.0. The molecule has 9 nitrogen and oxygen atoms in total. The minimum absolute atomic E-state index is 0.0198. The summed E-state index contributed by atoms with van der Waals surface area (Å²) in [6.07, 6.45) is 1.17. The highest BCUT2D eigenvalue weighted by Gasteiger charge is 2.32. The third kappa shape index (κ3) is 7.68. The molecule has 1 aliphatic heterocycles. The minimum atomic E-state index is -3.23. The fraction of sp³-hybridized carbons (Fsp3) is 0.867. The van der Waals surface area contributed by atoms with E-state index in [-0.39, 0.29) is 13.1 Å². The van der Waals surface area contributed by atoms with E-state index in [1.807, 2.05) is 4.90 Å². The Morgan fingerprint density at radius 1 is 1.16 bits per heavy atom. The molecule has 1 rings (SSSR count). The minimum Gasteiger partial charge on any atom is -0.468 e. The van der Waals surface area contributed by atoms with Crippen LogP contribution in [-0.4, -0.2) is 93.8 Å². The summed E-state index contributed by atoms with van der Waals surface area (Å²) in [6.45, 7) is 7.01. The molecule has 146 valence electrons. The molecule has 0 spiro atoms. The van der Waals surface area contributed by atoms with Gasteiger partial charge in [-0.15, -0.1) is 0 Å². The Kier molecular flexibility index (Phi) is 7.79.